The van der Waals surface area contributed by atoms with Crippen LogP contribution >= 0.6 is 22.6 Å². The maximum absolute atomic E-state index is 12.9. The Bertz CT molecular complexity index is 1550. The van der Waals surface area contributed by atoms with Gasteiger partial charge in [0.05, 0.1) is 4.43 Å². The van der Waals surface area contributed by atoms with Gasteiger partial charge in [-0.3, -0.25) is 9.59 Å². The first kappa shape index (κ1) is 45.7. The summed E-state index contributed by atoms with van der Waals surface area (Å²) in [5.41, 5.74) is 0.265. The molecule has 2 unspecified atom stereocenters. The maximum atomic E-state index is 12.9. The number of carbonyl (C=O) groups is 2. The number of carbonyl (C=O) groups excluding carboxylic acids is 2. The predicted molar refractivity (Wildman–Crippen MR) is 231 cm³/mol. The average Bonchev–Trinajstić information content (AvgIpc) is 3.02. The molecule has 0 radical (unpaired) electrons. The number of alkyl halides is 1. The number of ether oxygens (including phenoxy) is 1. The lowest BCUT2D eigenvalue weighted by Gasteiger charge is -2.45. The van der Waals surface area contributed by atoms with Gasteiger partial charge in [0.15, 0.2) is 8.32 Å². The van der Waals surface area contributed by atoms with Crippen molar-refractivity contribution in [3.63, 3.8) is 0 Å². The Hall–Kier alpha value is -2.48. The second-order valence-corrected chi connectivity index (χ2v) is 27.0. The summed E-state index contributed by atoms with van der Waals surface area (Å²) in [6.07, 6.45) is 0.870. The van der Waals surface area contributed by atoms with E-state index in [4.69, 9.17) is 13.6 Å². The number of halogens is 1. The average molecular weight is 855 g/mol. The fraction of sp³-hybridized carbons (Fsp3) is 0.545. The van der Waals surface area contributed by atoms with E-state index in [9.17, 15) is 9.59 Å². The summed E-state index contributed by atoms with van der Waals surface area (Å²) in [4.78, 5) is 25.2. The van der Waals surface area contributed by atoms with Gasteiger partial charge in [-0.2, -0.15) is 0 Å². The van der Waals surface area contributed by atoms with Crippen molar-refractivity contribution in [3.8, 4) is 23.7 Å². The van der Waals surface area contributed by atoms with Crippen LogP contribution in [0.4, 0.5) is 0 Å². The zero-order valence-corrected chi connectivity index (χ0v) is 38.0. The molecule has 2 aromatic rings. The Labute approximate surface area is 331 Å². The van der Waals surface area contributed by atoms with E-state index in [1.165, 1.54) is 10.4 Å². The SMILES string of the molecule is C=C(C)[C@@H](CCC#CC(CC(C#CCI)O[Si](C)(C)C(C)(C)C)O[Si](c1ccccc1)(c1ccccc1)C(C)(C)C)CC(=O)CC(=O)OC(C)(C)C. The number of Topliss-reactive ketones (excluding diaryl/α,β-unsaturated/α-hetero) is 1. The molecule has 0 saturated heterocycles. The van der Waals surface area contributed by atoms with Crippen LogP contribution in [-0.4, -0.2) is 50.6 Å². The quantitative estimate of drug-likeness (QED) is 0.0340. The van der Waals surface area contributed by atoms with Crippen LogP contribution in [0.5, 0.6) is 0 Å². The van der Waals surface area contributed by atoms with Gasteiger partial charge in [0, 0.05) is 19.3 Å². The molecule has 0 N–H and O–H groups in total. The van der Waals surface area contributed by atoms with E-state index in [1.54, 1.807) is 20.8 Å². The van der Waals surface area contributed by atoms with E-state index in [2.05, 4.69) is 156 Å². The molecule has 3 atom stereocenters. The molecule has 0 aliphatic rings. The molecule has 0 aromatic heterocycles. The molecule has 0 heterocycles. The summed E-state index contributed by atoms with van der Waals surface area (Å²) in [7, 11) is -5.15. The molecule has 0 fully saturated rings. The Morgan fingerprint density at radius 1 is 0.788 bits per heavy atom. The van der Waals surface area contributed by atoms with Crippen molar-refractivity contribution in [2.24, 2.45) is 5.92 Å². The van der Waals surface area contributed by atoms with Crippen LogP contribution in [0.3, 0.4) is 0 Å². The van der Waals surface area contributed by atoms with Gasteiger partial charge in [0.1, 0.15) is 30.0 Å². The first-order chi connectivity index (χ1) is 24.0. The summed E-state index contributed by atoms with van der Waals surface area (Å²) >= 11 is 2.29. The van der Waals surface area contributed by atoms with Gasteiger partial charge in [0.2, 0.25) is 0 Å². The highest BCUT2D eigenvalue weighted by molar-refractivity contribution is 14.1. The highest BCUT2D eigenvalue weighted by Gasteiger charge is 2.51. The van der Waals surface area contributed by atoms with Crippen LogP contribution in [0.1, 0.15) is 101 Å². The minimum atomic E-state index is -2.96. The van der Waals surface area contributed by atoms with Crippen molar-refractivity contribution in [1.29, 1.82) is 0 Å². The first-order valence-corrected chi connectivity index (χ1v) is 24.7. The molecule has 0 aliphatic heterocycles. The molecular formula is C44H63IO5Si2. The number of esters is 1. The third kappa shape index (κ3) is 14.1. The number of ketones is 1. The van der Waals surface area contributed by atoms with Gasteiger partial charge >= 0.3 is 5.97 Å². The Balaban J connectivity index is 2.58. The molecule has 0 spiro atoms. The van der Waals surface area contributed by atoms with E-state index in [1.807, 2.05) is 19.1 Å². The molecule has 52 heavy (non-hydrogen) atoms. The third-order valence-electron chi connectivity index (χ3n) is 9.55. The molecule has 0 bridgehead atoms. The van der Waals surface area contributed by atoms with Crippen molar-refractivity contribution >= 4 is 61.4 Å². The lowest BCUT2D eigenvalue weighted by Crippen LogP contribution is -2.67. The minimum absolute atomic E-state index is 0.00968. The number of benzene rings is 2. The van der Waals surface area contributed by atoms with Crippen LogP contribution in [0.25, 0.3) is 0 Å². The standard InChI is InChI=1S/C44H63IO5Si2/c1-34(2)35(31-36(46)32-41(47)48-42(3,4)5)23-20-21-24-38(33-37(25-22-30-45)49-51(12,13)43(6,7)8)50-52(44(9,10)11,39-26-16-14-17-27-39)40-28-18-15-19-29-40/h14-19,26-29,35,37-38H,1,20,23,30-33H2,2-13H3/t35-,37?,38?/m0/s1. The molecule has 5 nitrogen and oxygen atoms in total. The van der Waals surface area contributed by atoms with Crippen molar-refractivity contribution in [2.75, 3.05) is 4.43 Å². The maximum Gasteiger partial charge on any atom is 0.313 e. The van der Waals surface area contributed by atoms with Gasteiger partial charge < -0.3 is 13.6 Å². The van der Waals surface area contributed by atoms with Gasteiger partial charge in [-0.05, 0) is 73.6 Å². The first-order valence-electron chi connectivity index (χ1n) is 18.4. The fourth-order valence-electron chi connectivity index (χ4n) is 5.90. The second-order valence-electron chi connectivity index (χ2n) is 17.2. The summed E-state index contributed by atoms with van der Waals surface area (Å²) in [6, 6.07) is 21.2. The lowest BCUT2D eigenvalue weighted by molar-refractivity contribution is -0.156. The molecular weight excluding hydrogens is 792 g/mol. The van der Waals surface area contributed by atoms with E-state index in [0.717, 1.165) is 5.57 Å². The largest absolute Gasteiger partial charge is 0.460 e. The van der Waals surface area contributed by atoms with Crippen LogP contribution < -0.4 is 10.4 Å². The highest BCUT2D eigenvalue weighted by Crippen LogP contribution is 2.40. The zero-order chi connectivity index (χ0) is 39.4. The molecule has 2 aromatic carbocycles. The van der Waals surface area contributed by atoms with Gasteiger partial charge in [-0.25, -0.2) is 0 Å². The van der Waals surface area contributed by atoms with E-state index >= 15 is 0 Å². The lowest BCUT2D eigenvalue weighted by atomic mass is 9.90. The van der Waals surface area contributed by atoms with Gasteiger partial charge in [-0.1, -0.05) is 155 Å². The highest BCUT2D eigenvalue weighted by atomic mass is 127. The molecule has 0 amide bonds. The monoisotopic (exact) mass is 854 g/mol. The molecule has 0 saturated carbocycles. The zero-order valence-electron chi connectivity index (χ0n) is 33.9. The predicted octanol–water partition coefficient (Wildman–Crippen LogP) is 9.82. The topological polar surface area (TPSA) is 61.8 Å². The summed E-state index contributed by atoms with van der Waals surface area (Å²) in [5, 5.41) is 2.15. The molecule has 0 aliphatic carbocycles. The van der Waals surface area contributed by atoms with Crippen LogP contribution in [-0.2, 0) is 23.2 Å². The Morgan fingerprint density at radius 2 is 1.29 bits per heavy atom. The van der Waals surface area contributed by atoms with Crippen molar-refractivity contribution < 1.29 is 23.2 Å². The molecule has 284 valence electrons. The number of rotatable bonds is 15. The summed E-state index contributed by atoms with van der Waals surface area (Å²) in [5.74, 6) is 13.0. The minimum Gasteiger partial charge on any atom is -0.460 e. The summed E-state index contributed by atoms with van der Waals surface area (Å²) < 4.78 is 20.6. The number of allylic oxidation sites excluding steroid dienone is 1. The van der Waals surface area contributed by atoms with Gasteiger partial charge in [0.25, 0.3) is 8.32 Å². The Morgan fingerprint density at radius 3 is 1.73 bits per heavy atom. The van der Waals surface area contributed by atoms with Crippen molar-refractivity contribution in [1.82, 2.24) is 0 Å². The van der Waals surface area contributed by atoms with E-state index < -0.39 is 34.3 Å². The van der Waals surface area contributed by atoms with E-state index in [0.29, 0.717) is 23.7 Å². The number of hydrogen-bond donors (Lipinski definition) is 0. The van der Waals surface area contributed by atoms with E-state index in [-0.39, 0.29) is 40.7 Å². The van der Waals surface area contributed by atoms with Crippen LogP contribution in [0.2, 0.25) is 23.2 Å². The normalized spacial score (nSPS) is 14.2. The summed E-state index contributed by atoms with van der Waals surface area (Å²) in [6.45, 7) is 29.6. The fourth-order valence-corrected chi connectivity index (χ4v) is 11.9. The molecule has 2 rings (SSSR count). The number of hydrogen-bond acceptors (Lipinski definition) is 5. The smallest absolute Gasteiger partial charge is 0.313 e. The second kappa shape index (κ2) is 19.7. The van der Waals surface area contributed by atoms with Crippen LogP contribution in [0, 0.1) is 29.6 Å². The van der Waals surface area contributed by atoms with Crippen molar-refractivity contribution in [3.05, 3.63) is 72.8 Å². The van der Waals surface area contributed by atoms with Gasteiger partial charge in [-0.15, -0.1) is 5.92 Å². The van der Waals surface area contributed by atoms with Crippen molar-refractivity contribution in [2.45, 2.75) is 142 Å². The third-order valence-corrected chi connectivity index (χ3v) is 19.5. The molecule has 8 heteroatoms. The Kier molecular flexibility index (Phi) is 17.3. The van der Waals surface area contributed by atoms with Crippen LogP contribution in [0.15, 0.2) is 72.8 Å².